The van der Waals surface area contributed by atoms with Crippen molar-refractivity contribution >= 4 is 15.8 Å². The van der Waals surface area contributed by atoms with Crippen LogP contribution in [0.15, 0.2) is 23.2 Å². The summed E-state index contributed by atoms with van der Waals surface area (Å²) in [4.78, 5) is 7.01. The zero-order valence-corrected chi connectivity index (χ0v) is 13.7. The van der Waals surface area contributed by atoms with Crippen molar-refractivity contribution < 1.29 is 8.42 Å². The summed E-state index contributed by atoms with van der Waals surface area (Å²) in [6.07, 6.45) is 4.54. The van der Waals surface area contributed by atoms with Gasteiger partial charge in [0.05, 0.1) is 0 Å². The summed E-state index contributed by atoms with van der Waals surface area (Å²) in [5.74, 6) is 0.677. The van der Waals surface area contributed by atoms with Crippen LogP contribution in [0.1, 0.15) is 40.0 Å². The van der Waals surface area contributed by atoms with Crippen LogP contribution in [0.5, 0.6) is 0 Å². The molecule has 2 heterocycles. The normalized spacial score (nSPS) is 24.0. The van der Waals surface area contributed by atoms with Gasteiger partial charge in [-0.05, 0) is 45.7 Å². The first-order chi connectivity index (χ1) is 9.94. The second-order valence-corrected chi connectivity index (χ2v) is 7.20. The molecule has 2 rings (SSSR count). The first kappa shape index (κ1) is 16.2. The van der Waals surface area contributed by atoms with E-state index in [0.29, 0.717) is 5.82 Å². The molecular weight excluding hydrogens is 288 g/mol. The molecule has 1 saturated heterocycles. The van der Waals surface area contributed by atoms with Crippen LogP contribution in [0.25, 0.3) is 0 Å². The van der Waals surface area contributed by atoms with Crippen LogP contribution < -0.4 is 10.1 Å². The van der Waals surface area contributed by atoms with Crippen molar-refractivity contribution in [3.05, 3.63) is 18.3 Å². The minimum Gasteiger partial charge on any atom is -0.370 e. The number of nitrogens with zero attached hydrogens (tertiary/aromatic N) is 2. The lowest BCUT2D eigenvalue weighted by Gasteiger charge is -2.38. The average molecular weight is 312 g/mol. The van der Waals surface area contributed by atoms with Gasteiger partial charge < -0.3 is 5.32 Å². The monoisotopic (exact) mass is 312 g/mol. The molecule has 0 amide bonds. The van der Waals surface area contributed by atoms with E-state index < -0.39 is 10.0 Å². The van der Waals surface area contributed by atoms with E-state index in [-0.39, 0.29) is 17.0 Å². The van der Waals surface area contributed by atoms with Gasteiger partial charge in [-0.3, -0.25) is 0 Å². The Morgan fingerprint density at radius 2 is 1.95 bits per heavy atom. The van der Waals surface area contributed by atoms with Gasteiger partial charge in [0, 0.05) is 24.8 Å². The number of pyridine rings is 1. The quantitative estimate of drug-likeness (QED) is 0.869. The van der Waals surface area contributed by atoms with Crippen LogP contribution in [0.3, 0.4) is 0 Å². The standard InChI is InChI=1S/C14H24N4O2S/c1-4-15-14-9-8-13(10-16-14)21(19,20)17-18-11(2)6-5-7-12(18)3/h8-12,17H,4-7H2,1-3H3,(H,15,16). The summed E-state index contributed by atoms with van der Waals surface area (Å²) in [6, 6.07) is 3.67. The first-order valence-electron chi connectivity index (χ1n) is 7.44. The number of rotatable bonds is 5. The summed E-state index contributed by atoms with van der Waals surface area (Å²) < 4.78 is 24.9. The number of hydrogen-bond donors (Lipinski definition) is 2. The van der Waals surface area contributed by atoms with E-state index in [1.807, 2.05) is 25.8 Å². The number of hydrogen-bond acceptors (Lipinski definition) is 5. The van der Waals surface area contributed by atoms with Gasteiger partial charge in [0.15, 0.2) is 0 Å². The summed E-state index contributed by atoms with van der Waals surface area (Å²) in [5, 5.41) is 4.89. The molecule has 118 valence electrons. The second-order valence-electron chi connectivity index (χ2n) is 5.54. The lowest BCUT2D eigenvalue weighted by Crippen LogP contribution is -2.53. The van der Waals surface area contributed by atoms with Crippen molar-refractivity contribution in [2.45, 2.75) is 57.0 Å². The minimum atomic E-state index is -3.57. The molecule has 2 atom stereocenters. The maximum Gasteiger partial charge on any atom is 0.255 e. The molecule has 6 nitrogen and oxygen atoms in total. The van der Waals surface area contributed by atoms with Gasteiger partial charge in [-0.1, -0.05) is 6.42 Å². The summed E-state index contributed by atoms with van der Waals surface area (Å²) in [7, 11) is -3.57. The Morgan fingerprint density at radius 1 is 1.29 bits per heavy atom. The van der Waals surface area contributed by atoms with E-state index in [2.05, 4.69) is 15.1 Å². The molecule has 0 saturated carbocycles. The fourth-order valence-corrected chi connectivity index (χ4v) is 3.80. The van der Waals surface area contributed by atoms with Gasteiger partial charge >= 0.3 is 0 Å². The molecule has 0 radical (unpaired) electrons. The smallest absolute Gasteiger partial charge is 0.255 e. The van der Waals surface area contributed by atoms with Crippen molar-refractivity contribution in [1.82, 2.24) is 14.8 Å². The third kappa shape index (κ3) is 3.93. The van der Waals surface area contributed by atoms with Gasteiger partial charge in [0.25, 0.3) is 10.0 Å². The second kappa shape index (κ2) is 6.72. The molecule has 2 N–H and O–H groups in total. The molecule has 7 heteroatoms. The summed E-state index contributed by atoms with van der Waals surface area (Å²) >= 11 is 0. The van der Waals surface area contributed by atoms with Gasteiger partial charge in [-0.15, -0.1) is 4.83 Å². The van der Waals surface area contributed by atoms with E-state index in [9.17, 15) is 8.42 Å². The lowest BCUT2D eigenvalue weighted by atomic mass is 10.0. The van der Waals surface area contributed by atoms with Crippen LogP contribution in [0.2, 0.25) is 0 Å². The van der Waals surface area contributed by atoms with Crippen LogP contribution in [0, 0.1) is 0 Å². The molecule has 21 heavy (non-hydrogen) atoms. The van der Waals surface area contributed by atoms with Gasteiger partial charge in [0.1, 0.15) is 10.7 Å². The number of nitrogens with one attached hydrogen (secondary N) is 2. The highest BCUT2D eigenvalue weighted by Crippen LogP contribution is 2.22. The fourth-order valence-electron chi connectivity index (χ4n) is 2.62. The van der Waals surface area contributed by atoms with Gasteiger partial charge in [0.2, 0.25) is 0 Å². The van der Waals surface area contributed by atoms with Crippen molar-refractivity contribution in [3.63, 3.8) is 0 Å². The molecule has 0 aromatic carbocycles. The van der Waals surface area contributed by atoms with Crippen LogP contribution >= 0.6 is 0 Å². The first-order valence-corrected chi connectivity index (χ1v) is 8.93. The highest BCUT2D eigenvalue weighted by molar-refractivity contribution is 7.89. The molecular formula is C14H24N4O2S. The maximum atomic E-state index is 12.4. The Hall–Kier alpha value is -1.18. The number of piperidine rings is 1. The Bertz CT molecular complexity index is 549. The maximum absolute atomic E-state index is 12.4. The number of anilines is 1. The Morgan fingerprint density at radius 3 is 2.48 bits per heavy atom. The molecule has 1 aromatic rings. The van der Waals surface area contributed by atoms with E-state index in [1.54, 1.807) is 12.1 Å². The molecule has 2 unspecified atom stereocenters. The predicted molar refractivity (Wildman–Crippen MR) is 83.3 cm³/mol. The zero-order chi connectivity index (χ0) is 15.5. The number of hydrazine groups is 1. The van der Waals surface area contributed by atoms with Gasteiger partial charge in [-0.25, -0.2) is 18.4 Å². The topological polar surface area (TPSA) is 74.3 Å². The SMILES string of the molecule is CCNc1ccc(S(=O)(=O)NN2C(C)CCCC2C)cn1. The van der Waals surface area contributed by atoms with Crippen LogP contribution in [0.4, 0.5) is 5.82 Å². The zero-order valence-electron chi connectivity index (χ0n) is 12.8. The fraction of sp³-hybridized carbons (Fsp3) is 0.643. The van der Waals surface area contributed by atoms with E-state index in [4.69, 9.17) is 0 Å². The number of aromatic nitrogens is 1. The molecule has 0 spiro atoms. The van der Waals surface area contributed by atoms with E-state index in [0.717, 1.165) is 25.8 Å². The van der Waals surface area contributed by atoms with Crippen LogP contribution in [-0.4, -0.2) is 37.0 Å². The average Bonchev–Trinajstić information content (AvgIpc) is 2.44. The molecule has 0 aliphatic carbocycles. The largest absolute Gasteiger partial charge is 0.370 e. The lowest BCUT2D eigenvalue weighted by molar-refractivity contribution is 0.0790. The van der Waals surface area contributed by atoms with Crippen molar-refractivity contribution in [2.75, 3.05) is 11.9 Å². The molecule has 1 aliphatic rings. The third-order valence-electron chi connectivity index (χ3n) is 3.82. The highest BCUT2D eigenvalue weighted by atomic mass is 32.2. The summed E-state index contributed by atoms with van der Waals surface area (Å²) in [6.45, 7) is 6.81. The Balaban J connectivity index is 2.13. The summed E-state index contributed by atoms with van der Waals surface area (Å²) in [5.41, 5.74) is 0. The Labute approximate surface area is 127 Å². The predicted octanol–water partition coefficient (Wildman–Crippen LogP) is 1.97. The van der Waals surface area contributed by atoms with Crippen molar-refractivity contribution in [1.29, 1.82) is 0 Å². The van der Waals surface area contributed by atoms with Gasteiger partial charge in [-0.2, -0.15) is 0 Å². The molecule has 1 aliphatic heterocycles. The van der Waals surface area contributed by atoms with E-state index in [1.165, 1.54) is 6.20 Å². The van der Waals surface area contributed by atoms with E-state index >= 15 is 0 Å². The highest BCUT2D eigenvalue weighted by Gasteiger charge is 2.29. The Kier molecular flexibility index (Phi) is 5.18. The number of sulfonamides is 1. The molecule has 1 fully saturated rings. The molecule has 0 bridgehead atoms. The minimum absolute atomic E-state index is 0.189. The molecule has 1 aromatic heterocycles. The van der Waals surface area contributed by atoms with Crippen molar-refractivity contribution in [2.24, 2.45) is 0 Å². The third-order valence-corrected chi connectivity index (χ3v) is 5.14. The van der Waals surface area contributed by atoms with Crippen molar-refractivity contribution in [3.8, 4) is 0 Å². The van der Waals surface area contributed by atoms with Crippen LogP contribution in [-0.2, 0) is 10.0 Å².